The molecule has 1 aromatic heterocycles. The maximum absolute atomic E-state index is 5.90. The summed E-state index contributed by atoms with van der Waals surface area (Å²) in [5, 5.41) is 0.484. The average molecular weight is 262 g/mol. The van der Waals surface area contributed by atoms with Crippen molar-refractivity contribution in [3.63, 3.8) is 0 Å². The lowest BCUT2D eigenvalue weighted by atomic mass is 9.97. The number of nitrogens with zero attached hydrogens (tertiary/aromatic N) is 1. The third-order valence-corrected chi connectivity index (χ3v) is 3.25. The molecule has 1 atom stereocenters. The summed E-state index contributed by atoms with van der Waals surface area (Å²) in [6, 6.07) is 12.1. The van der Waals surface area contributed by atoms with E-state index in [2.05, 4.69) is 29.5 Å². The summed E-state index contributed by atoms with van der Waals surface area (Å²) in [6.45, 7) is 2.10. The monoisotopic (exact) mass is 261 g/mol. The van der Waals surface area contributed by atoms with Gasteiger partial charge in [-0.3, -0.25) is 11.3 Å². The largest absolute Gasteiger partial charge is 0.271 e. The number of hydrogen-bond donors (Lipinski definition) is 2. The number of aromatic nitrogens is 1. The topological polar surface area (TPSA) is 50.9 Å². The molecule has 4 heteroatoms. The second kappa shape index (κ2) is 5.96. The quantitative estimate of drug-likeness (QED) is 0.506. The van der Waals surface area contributed by atoms with Crippen LogP contribution in [0.3, 0.4) is 0 Å². The van der Waals surface area contributed by atoms with Crippen molar-refractivity contribution in [2.45, 2.75) is 19.4 Å². The average Bonchev–Trinajstić information content (AvgIpc) is 2.38. The summed E-state index contributed by atoms with van der Waals surface area (Å²) in [4.78, 5) is 3.98. The number of aryl methyl sites for hydroxylation is 1. The van der Waals surface area contributed by atoms with Gasteiger partial charge in [0, 0.05) is 6.20 Å². The van der Waals surface area contributed by atoms with Gasteiger partial charge in [-0.1, -0.05) is 35.9 Å². The molecule has 0 saturated heterocycles. The van der Waals surface area contributed by atoms with E-state index in [1.807, 2.05) is 24.3 Å². The molecule has 2 aromatic rings. The fourth-order valence-electron chi connectivity index (χ4n) is 1.97. The Morgan fingerprint density at radius 1 is 1.33 bits per heavy atom. The zero-order valence-corrected chi connectivity index (χ0v) is 11.0. The first-order chi connectivity index (χ1) is 8.70. The molecule has 18 heavy (non-hydrogen) atoms. The fraction of sp³-hybridized carbons (Fsp3) is 0.214. The number of hydrogen-bond acceptors (Lipinski definition) is 3. The third kappa shape index (κ3) is 3.07. The van der Waals surface area contributed by atoms with E-state index in [0.29, 0.717) is 5.15 Å². The minimum absolute atomic E-state index is 0.0339. The number of nitrogens with two attached hydrogens (primary N) is 1. The molecule has 0 aliphatic heterocycles. The van der Waals surface area contributed by atoms with Crippen molar-refractivity contribution in [1.82, 2.24) is 10.4 Å². The lowest BCUT2D eigenvalue weighted by Gasteiger charge is -2.17. The van der Waals surface area contributed by atoms with E-state index in [1.165, 1.54) is 11.1 Å². The first-order valence-corrected chi connectivity index (χ1v) is 6.20. The fourth-order valence-corrected chi connectivity index (χ4v) is 2.15. The van der Waals surface area contributed by atoms with Crippen LogP contribution in [0.15, 0.2) is 42.6 Å². The van der Waals surface area contributed by atoms with Gasteiger partial charge in [0.05, 0.1) is 6.04 Å². The number of hydrazine groups is 1. The first-order valence-electron chi connectivity index (χ1n) is 5.83. The molecule has 0 radical (unpaired) electrons. The predicted molar refractivity (Wildman–Crippen MR) is 74.2 cm³/mol. The van der Waals surface area contributed by atoms with Gasteiger partial charge in [0.25, 0.3) is 0 Å². The Labute approximate surface area is 112 Å². The van der Waals surface area contributed by atoms with Gasteiger partial charge in [-0.25, -0.2) is 4.98 Å². The van der Waals surface area contributed by atoms with Crippen LogP contribution in [0.5, 0.6) is 0 Å². The van der Waals surface area contributed by atoms with Gasteiger partial charge >= 0.3 is 0 Å². The molecule has 0 amide bonds. The number of nitrogens with one attached hydrogen (secondary N) is 1. The molecule has 0 aliphatic rings. The van der Waals surface area contributed by atoms with E-state index in [0.717, 1.165) is 12.0 Å². The lowest BCUT2D eigenvalue weighted by molar-refractivity contribution is 0.550. The summed E-state index contributed by atoms with van der Waals surface area (Å²) in [5.41, 5.74) is 6.41. The van der Waals surface area contributed by atoms with Crippen LogP contribution in [0.1, 0.15) is 22.7 Å². The van der Waals surface area contributed by atoms with Crippen molar-refractivity contribution < 1.29 is 0 Å². The lowest BCUT2D eigenvalue weighted by Crippen LogP contribution is -2.29. The van der Waals surface area contributed by atoms with E-state index in [1.54, 1.807) is 6.20 Å². The minimum Gasteiger partial charge on any atom is -0.271 e. The van der Waals surface area contributed by atoms with Crippen LogP contribution in [-0.2, 0) is 6.42 Å². The highest BCUT2D eigenvalue weighted by atomic mass is 35.5. The molecule has 3 N–H and O–H groups in total. The zero-order chi connectivity index (χ0) is 13.0. The Hall–Kier alpha value is -1.42. The Balaban J connectivity index is 2.23. The van der Waals surface area contributed by atoms with E-state index in [9.17, 15) is 0 Å². The van der Waals surface area contributed by atoms with Crippen molar-refractivity contribution in [2.75, 3.05) is 0 Å². The normalized spacial score (nSPS) is 12.4. The molecule has 0 bridgehead atoms. The number of pyridine rings is 1. The summed E-state index contributed by atoms with van der Waals surface area (Å²) in [6.07, 6.45) is 2.52. The van der Waals surface area contributed by atoms with E-state index in [-0.39, 0.29) is 6.04 Å². The molecule has 0 fully saturated rings. The predicted octanol–water partition coefficient (Wildman–Crippen LogP) is 2.79. The summed E-state index contributed by atoms with van der Waals surface area (Å²) >= 11 is 5.90. The van der Waals surface area contributed by atoms with Gasteiger partial charge in [0.1, 0.15) is 5.15 Å². The Morgan fingerprint density at radius 3 is 2.78 bits per heavy atom. The highest BCUT2D eigenvalue weighted by Crippen LogP contribution is 2.21. The molecule has 1 heterocycles. The number of benzene rings is 1. The molecule has 0 saturated carbocycles. The van der Waals surface area contributed by atoms with Crippen molar-refractivity contribution in [1.29, 1.82) is 0 Å². The maximum Gasteiger partial charge on any atom is 0.129 e. The van der Waals surface area contributed by atoms with E-state index >= 15 is 0 Å². The van der Waals surface area contributed by atoms with Gasteiger partial charge in [0.15, 0.2) is 0 Å². The maximum atomic E-state index is 5.90. The SMILES string of the molecule is Cc1ccccc1CC(NN)c1ccnc(Cl)c1. The third-order valence-electron chi connectivity index (χ3n) is 3.04. The molecule has 0 aliphatic carbocycles. The van der Waals surface area contributed by atoms with Crippen molar-refractivity contribution in [3.8, 4) is 0 Å². The molecule has 0 spiro atoms. The molecular formula is C14H16ClN3. The highest BCUT2D eigenvalue weighted by Gasteiger charge is 2.12. The van der Waals surface area contributed by atoms with Gasteiger partial charge in [-0.2, -0.15) is 0 Å². The number of halogens is 1. The second-order valence-electron chi connectivity index (χ2n) is 4.26. The summed E-state index contributed by atoms with van der Waals surface area (Å²) < 4.78 is 0. The van der Waals surface area contributed by atoms with Gasteiger partial charge in [-0.15, -0.1) is 0 Å². The van der Waals surface area contributed by atoms with Crippen LogP contribution < -0.4 is 11.3 Å². The summed E-state index contributed by atoms with van der Waals surface area (Å²) in [5.74, 6) is 5.64. The molecule has 1 unspecified atom stereocenters. The molecule has 2 rings (SSSR count). The first kappa shape index (κ1) is 13.0. The van der Waals surface area contributed by atoms with E-state index in [4.69, 9.17) is 17.4 Å². The Morgan fingerprint density at radius 2 is 2.11 bits per heavy atom. The Kier molecular flexibility index (Phi) is 4.31. The van der Waals surface area contributed by atoms with Crippen LogP contribution in [0.2, 0.25) is 5.15 Å². The standard InChI is InChI=1S/C14H16ClN3/c1-10-4-2-3-5-11(10)8-13(18-16)12-6-7-17-14(15)9-12/h2-7,9,13,18H,8,16H2,1H3. The minimum atomic E-state index is 0.0339. The molecule has 3 nitrogen and oxygen atoms in total. The van der Waals surface area contributed by atoms with Crippen LogP contribution in [0, 0.1) is 6.92 Å². The molecule has 94 valence electrons. The van der Waals surface area contributed by atoms with Crippen LogP contribution >= 0.6 is 11.6 Å². The number of rotatable bonds is 4. The smallest absolute Gasteiger partial charge is 0.129 e. The van der Waals surface area contributed by atoms with Crippen LogP contribution in [0.4, 0.5) is 0 Å². The molecule has 1 aromatic carbocycles. The summed E-state index contributed by atoms with van der Waals surface area (Å²) in [7, 11) is 0. The second-order valence-corrected chi connectivity index (χ2v) is 4.65. The van der Waals surface area contributed by atoms with Gasteiger partial charge in [-0.05, 0) is 42.2 Å². The van der Waals surface area contributed by atoms with Gasteiger partial charge in [0.2, 0.25) is 0 Å². The van der Waals surface area contributed by atoms with Crippen molar-refractivity contribution >= 4 is 11.6 Å². The Bertz CT molecular complexity index is 528. The van der Waals surface area contributed by atoms with Gasteiger partial charge < -0.3 is 0 Å². The van der Waals surface area contributed by atoms with Crippen molar-refractivity contribution in [2.24, 2.45) is 5.84 Å². The van der Waals surface area contributed by atoms with Crippen LogP contribution in [0.25, 0.3) is 0 Å². The highest BCUT2D eigenvalue weighted by molar-refractivity contribution is 6.29. The van der Waals surface area contributed by atoms with Crippen LogP contribution in [-0.4, -0.2) is 4.98 Å². The van der Waals surface area contributed by atoms with E-state index < -0.39 is 0 Å². The van der Waals surface area contributed by atoms with Crippen molar-refractivity contribution in [3.05, 3.63) is 64.4 Å². The molecular weight excluding hydrogens is 246 g/mol. The zero-order valence-electron chi connectivity index (χ0n) is 10.2.